The zero-order chi connectivity index (χ0) is 15.6. The second-order valence-electron chi connectivity index (χ2n) is 3.57. The van der Waals surface area contributed by atoms with E-state index in [-0.39, 0.29) is 36.8 Å². The number of hydrogen-bond acceptors (Lipinski definition) is 4. The Morgan fingerprint density at radius 2 is 1.67 bits per heavy atom. The number of rotatable bonds is 4. The fourth-order valence-corrected chi connectivity index (χ4v) is 4.22. The summed E-state index contributed by atoms with van der Waals surface area (Å²) in [5, 5.41) is 5.56. The molecule has 1 N–H and O–H groups in total. The number of carbonyl (C=O) groups excluding carboxylic acids is 1. The van der Waals surface area contributed by atoms with Crippen molar-refractivity contribution in [2.75, 3.05) is 11.1 Å². The van der Waals surface area contributed by atoms with Gasteiger partial charge in [-0.25, -0.2) is 4.98 Å². The number of nitrogens with zero attached hydrogens (tertiary/aromatic N) is 1. The van der Waals surface area contributed by atoms with E-state index in [4.69, 9.17) is 58.0 Å². The van der Waals surface area contributed by atoms with E-state index in [0.29, 0.717) is 10.0 Å². The van der Waals surface area contributed by atoms with Gasteiger partial charge in [0.15, 0.2) is 5.13 Å². The molecule has 112 valence electrons. The molecule has 0 radical (unpaired) electrons. The van der Waals surface area contributed by atoms with Crippen molar-refractivity contribution in [2.24, 2.45) is 0 Å². The highest BCUT2D eigenvalue weighted by atomic mass is 35.5. The number of amides is 1. The van der Waals surface area contributed by atoms with Crippen LogP contribution in [-0.4, -0.2) is 16.6 Å². The van der Waals surface area contributed by atoms with E-state index < -0.39 is 0 Å². The summed E-state index contributed by atoms with van der Waals surface area (Å²) < 4.78 is 0. The van der Waals surface area contributed by atoms with E-state index in [0.717, 1.165) is 11.8 Å². The van der Waals surface area contributed by atoms with Crippen molar-refractivity contribution < 1.29 is 4.79 Å². The number of anilines is 1. The van der Waals surface area contributed by atoms with Crippen LogP contribution in [0, 0.1) is 0 Å². The van der Waals surface area contributed by atoms with Gasteiger partial charge < -0.3 is 5.32 Å². The molecule has 0 saturated carbocycles. The van der Waals surface area contributed by atoms with Crippen LogP contribution in [-0.2, 0) is 4.79 Å². The summed E-state index contributed by atoms with van der Waals surface area (Å²) >= 11 is 32.4. The Bertz CT molecular complexity index is 649. The molecule has 2 aromatic rings. The summed E-state index contributed by atoms with van der Waals surface area (Å²) in [6.07, 6.45) is 1.60. The minimum absolute atomic E-state index is 0.0767. The molecule has 21 heavy (non-hydrogen) atoms. The molecule has 1 aromatic carbocycles. The normalized spacial score (nSPS) is 10.7. The summed E-state index contributed by atoms with van der Waals surface area (Å²) in [7, 11) is 0. The van der Waals surface area contributed by atoms with Crippen LogP contribution in [0.2, 0.25) is 25.1 Å². The van der Waals surface area contributed by atoms with Gasteiger partial charge >= 0.3 is 0 Å². The minimum atomic E-state index is -0.246. The van der Waals surface area contributed by atoms with Gasteiger partial charge in [-0.1, -0.05) is 58.0 Å². The topological polar surface area (TPSA) is 42.0 Å². The first-order valence-electron chi connectivity index (χ1n) is 5.25. The Hall–Kier alpha value is 0.120. The molecule has 0 spiro atoms. The maximum Gasteiger partial charge on any atom is 0.236 e. The number of thioether (sulfide) groups is 1. The predicted molar refractivity (Wildman–Crippen MR) is 93.0 cm³/mol. The number of benzene rings is 1. The molecule has 0 unspecified atom stereocenters. The van der Waals surface area contributed by atoms with Crippen molar-refractivity contribution >= 4 is 92.1 Å². The molecule has 0 aliphatic heterocycles. The van der Waals surface area contributed by atoms with Crippen molar-refractivity contribution in [1.29, 1.82) is 0 Å². The fourth-order valence-electron chi connectivity index (χ4n) is 1.29. The largest absolute Gasteiger partial charge is 0.301 e. The quantitative estimate of drug-likeness (QED) is 0.365. The predicted octanol–water partition coefficient (Wildman–Crippen LogP) is 6.14. The molecule has 3 nitrogen and oxygen atoms in total. The lowest BCUT2D eigenvalue weighted by Crippen LogP contribution is -2.13. The molecule has 2 rings (SSSR count). The molecule has 0 fully saturated rings. The van der Waals surface area contributed by atoms with Gasteiger partial charge in [0, 0.05) is 16.5 Å². The average molecular weight is 423 g/mol. The Balaban J connectivity index is 2.12. The highest BCUT2D eigenvalue weighted by Crippen LogP contribution is 2.47. The van der Waals surface area contributed by atoms with Crippen LogP contribution in [0.25, 0.3) is 0 Å². The second kappa shape index (κ2) is 7.59. The Morgan fingerprint density at radius 3 is 2.19 bits per heavy atom. The molecule has 1 amide bonds. The molecule has 0 atom stereocenters. The number of halogens is 5. The number of thiazole rings is 1. The van der Waals surface area contributed by atoms with E-state index in [1.165, 1.54) is 11.3 Å². The molecule has 0 bridgehead atoms. The lowest BCUT2D eigenvalue weighted by Gasteiger charge is -2.11. The van der Waals surface area contributed by atoms with Crippen LogP contribution in [0.3, 0.4) is 0 Å². The number of carbonyl (C=O) groups is 1. The van der Waals surface area contributed by atoms with E-state index in [1.807, 2.05) is 0 Å². The van der Waals surface area contributed by atoms with Crippen LogP contribution >= 0.6 is 81.1 Å². The molecule has 0 saturated heterocycles. The van der Waals surface area contributed by atoms with Gasteiger partial charge in [0.1, 0.15) is 0 Å². The van der Waals surface area contributed by atoms with Gasteiger partial charge in [-0.3, -0.25) is 4.79 Å². The lowest BCUT2D eigenvalue weighted by atomic mass is 10.3. The minimum Gasteiger partial charge on any atom is -0.301 e. The lowest BCUT2D eigenvalue weighted by molar-refractivity contribution is -0.113. The van der Waals surface area contributed by atoms with Crippen molar-refractivity contribution in [3.05, 3.63) is 36.7 Å². The first-order chi connectivity index (χ1) is 9.91. The maximum atomic E-state index is 11.8. The monoisotopic (exact) mass is 420 g/mol. The molecular formula is C11H5Cl5N2OS2. The van der Waals surface area contributed by atoms with E-state index in [2.05, 4.69) is 10.3 Å². The number of nitrogens with one attached hydrogen (secondary N) is 1. The van der Waals surface area contributed by atoms with E-state index in [1.54, 1.807) is 11.6 Å². The van der Waals surface area contributed by atoms with Crippen LogP contribution in [0.1, 0.15) is 0 Å². The third-order valence-electron chi connectivity index (χ3n) is 2.20. The van der Waals surface area contributed by atoms with Crippen LogP contribution < -0.4 is 5.32 Å². The van der Waals surface area contributed by atoms with Crippen molar-refractivity contribution in [1.82, 2.24) is 4.98 Å². The highest BCUT2D eigenvalue weighted by Gasteiger charge is 2.20. The van der Waals surface area contributed by atoms with E-state index in [9.17, 15) is 4.79 Å². The first-order valence-corrected chi connectivity index (χ1v) is 9.01. The summed E-state index contributed by atoms with van der Waals surface area (Å²) in [5.74, 6) is -0.169. The second-order valence-corrected chi connectivity index (χ2v) is 7.34. The smallest absolute Gasteiger partial charge is 0.236 e. The van der Waals surface area contributed by atoms with Crippen LogP contribution in [0.4, 0.5) is 5.13 Å². The fraction of sp³-hybridized carbons (Fsp3) is 0.0909. The zero-order valence-electron chi connectivity index (χ0n) is 9.92. The van der Waals surface area contributed by atoms with Gasteiger partial charge in [0.25, 0.3) is 0 Å². The molecule has 1 heterocycles. The summed E-state index contributed by atoms with van der Waals surface area (Å²) in [4.78, 5) is 16.2. The Kier molecular flexibility index (Phi) is 6.32. The maximum absolute atomic E-state index is 11.8. The van der Waals surface area contributed by atoms with E-state index >= 15 is 0 Å². The van der Waals surface area contributed by atoms with Gasteiger partial charge in [-0.2, -0.15) is 0 Å². The average Bonchev–Trinajstić information content (AvgIpc) is 2.96. The Labute approximate surface area is 153 Å². The van der Waals surface area contributed by atoms with Crippen molar-refractivity contribution in [3.63, 3.8) is 0 Å². The van der Waals surface area contributed by atoms with Gasteiger partial charge in [0.05, 0.1) is 30.9 Å². The van der Waals surface area contributed by atoms with Gasteiger partial charge in [-0.05, 0) is 0 Å². The molecule has 10 heteroatoms. The number of aromatic nitrogens is 1. The third-order valence-corrected chi connectivity index (χ3v) is 6.49. The molecule has 1 aromatic heterocycles. The molecular weight excluding hydrogens is 418 g/mol. The van der Waals surface area contributed by atoms with Crippen molar-refractivity contribution in [3.8, 4) is 0 Å². The molecule has 0 aliphatic carbocycles. The molecule has 0 aliphatic rings. The standard InChI is InChI=1S/C11H5Cl5N2OS2/c12-5-6(13)8(15)10(9(16)7(5)14)21-3-4(19)18-11-17-1-2-20-11/h1-2H,3H2,(H,17,18,19). The van der Waals surface area contributed by atoms with Gasteiger partial charge in [0.2, 0.25) is 5.91 Å². The Morgan fingerprint density at radius 1 is 1.10 bits per heavy atom. The SMILES string of the molecule is O=C(CSc1c(Cl)c(Cl)c(Cl)c(Cl)c1Cl)Nc1nccs1. The van der Waals surface area contributed by atoms with Crippen LogP contribution in [0.5, 0.6) is 0 Å². The zero-order valence-corrected chi connectivity index (χ0v) is 15.3. The number of hydrogen-bond donors (Lipinski definition) is 1. The summed E-state index contributed by atoms with van der Waals surface area (Å²) in [6, 6.07) is 0. The third kappa shape index (κ3) is 4.10. The highest BCUT2D eigenvalue weighted by molar-refractivity contribution is 8.00. The van der Waals surface area contributed by atoms with Crippen molar-refractivity contribution in [2.45, 2.75) is 4.90 Å². The van der Waals surface area contributed by atoms with Gasteiger partial charge in [-0.15, -0.1) is 23.1 Å². The summed E-state index contributed by atoms with van der Waals surface area (Å²) in [6.45, 7) is 0. The first kappa shape index (κ1) is 17.5. The van der Waals surface area contributed by atoms with Crippen LogP contribution in [0.15, 0.2) is 16.5 Å². The summed E-state index contributed by atoms with van der Waals surface area (Å²) in [5.41, 5.74) is 0.